The molecule has 0 unspecified atom stereocenters. The number of aromatic amines is 1. The third-order valence-corrected chi connectivity index (χ3v) is 3.49. The predicted molar refractivity (Wildman–Crippen MR) is 85.0 cm³/mol. The summed E-state index contributed by atoms with van der Waals surface area (Å²) in [6.07, 6.45) is 0.934. The molecule has 2 heterocycles. The van der Waals surface area contributed by atoms with E-state index in [2.05, 4.69) is 15.2 Å². The van der Waals surface area contributed by atoms with Gasteiger partial charge >= 0.3 is 6.18 Å². The number of aromatic nitrogens is 3. The van der Waals surface area contributed by atoms with Crippen molar-refractivity contribution < 1.29 is 17.9 Å². The molecule has 0 aliphatic heterocycles. The van der Waals surface area contributed by atoms with E-state index >= 15 is 0 Å². The summed E-state index contributed by atoms with van der Waals surface area (Å²) in [5.74, 6) is 0. The molecule has 0 spiro atoms. The number of nitrogens with zero attached hydrogens (tertiary/aromatic N) is 2. The minimum atomic E-state index is -4.54. The summed E-state index contributed by atoms with van der Waals surface area (Å²) in [6, 6.07) is 6.22. The molecular formula is C17H14F3N3O. The summed E-state index contributed by atoms with van der Waals surface area (Å²) in [7, 11) is 0. The van der Waals surface area contributed by atoms with Crippen molar-refractivity contribution in [3.8, 4) is 11.3 Å². The summed E-state index contributed by atoms with van der Waals surface area (Å²) in [5, 5.41) is 7.37. The smallest absolute Gasteiger partial charge is 0.419 e. The van der Waals surface area contributed by atoms with E-state index in [4.69, 9.17) is 4.74 Å². The Kier molecular flexibility index (Phi) is 4.24. The molecule has 3 aromatic rings. The van der Waals surface area contributed by atoms with Gasteiger partial charge in [-0.05, 0) is 36.8 Å². The Bertz CT molecular complexity index is 884. The largest absolute Gasteiger partial charge is 0.501 e. The maximum absolute atomic E-state index is 13.6. The minimum Gasteiger partial charge on any atom is -0.501 e. The SMILES string of the molecule is CCO/C=C/c1ccnc(-c2ccc3[nH]ncc3c2)c1C(F)(F)F. The first-order chi connectivity index (χ1) is 11.5. The second-order valence-electron chi connectivity index (χ2n) is 5.05. The van der Waals surface area contributed by atoms with Gasteiger partial charge < -0.3 is 4.74 Å². The van der Waals surface area contributed by atoms with Gasteiger partial charge in [0.1, 0.15) is 0 Å². The molecule has 0 saturated heterocycles. The Balaban J connectivity index is 2.17. The van der Waals surface area contributed by atoms with E-state index in [0.29, 0.717) is 12.2 Å². The average Bonchev–Trinajstić information content (AvgIpc) is 3.01. The van der Waals surface area contributed by atoms with Gasteiger partial charge in [0.2, 0.25) is 0 Å². The van der Waals surface area contributed by atoms with Crippen molar-refractivity contribution in [2.75, 3.05) is 6.61 Å². The molecule has 0 bridgehead atoms. The molecule has 0 saturated carbocycles. The van der Waals surface area contributed by atoms with E-state index in [-0.39, 0.29) is 11.3 Å². The Morgan fingerprint density at radius 1 is 1.25 bits per heavy atom. The van der Waals surface area contributed by atoms with Crippen LogP contribution in [0.4, 0.5) is 13.2 Å². The fourth-order valence-corrected chi connectivity index (χ4v) is 2.44. The number of fused-ring (bicyclic) bond motifs is 1. The van der Waals surface area contributed by atoms with E-state index in [0.717, 1.165) is 10.9 Å². The first-order valence-electron chi connectivity index (χ1n) is 7.28. The quantitative estimate of drug-likeness (QED) is 0.707. The maximum atomic E-state index is 13.6. The number of halogens is 3. The number of ether oxygens (including phenoxy) is 1. The summed E-state index contributed by atoms with van der Waals surface area (Å²) in [6.45, 7) is 2.14. The van der Waals surface area contributed by atoms with Gasteiger partial charge in [0, 0.05) is 17.1 Å². The van der Waals surface area contributed by atoms with E-state index in [1.165, 1.54) is 24.6 Å². The topological polar surface area (TPSA) is 50.8 Å². The van der Waals surface area contributed by atoms with Crippen LogP contribution in [0.2, 0.25) is 0 Å². The Labute approximate surface area is 136 Å². The molecule has 3 rings (SSSR count). The summed E-state index contributed by atoms with van der Waals surface area (Å²) >= 11 is 0. The molecular weight excluding hydrogens is 319 g/mol. The molecule has 2 aromatic heterocycles. The van der Waals surface area contributed by atoms with Crippen LogP contribution in [0.1, 0.15) is 18.1 Å². The van der Waals surface area contributed by atoms with Crippen LogP contribution in [0.5, 0.6) is 0 Å². The number of alkyl halides is 3. The first kappa shape index (κ1) is 16.0. The van der Waals surface area contributed by atoms with Gasteiger partial charge in [-0.15, -0.1) is 0 Å². The fourth-order valence-electron chi connectivity index (χ4n) is 2.44. The zero-order valence-corrected chi connectivity index (χ0v) is 12.8. The van der Waals surface area contributed by atoms with Crippen molar-refractivity contribution in [3.05, 3.63) is 54.0 Å². The molecule has 0 atom stereocenters. The van der Waals surface area contributed by atoms with Gasteiger partial charge in [-0.1, -0.05) is 6.07 Å². The van der Waals surface area contributed by atoms with Crippen molar-refractivity contribution in [2.45, 2.75) is 13.1 Å². The average molecular weight is 333 g/mol. The number of H-pyrrole nitrogens is 1. The lowest BCUT2D eigenvalue weighted by atomic mass is 9.99. The highest BCUT2D eigenvalue weighted by Crippen LogP contribution is 2.39. The molecule has 0 fully saturated rings. The summed E-state index contributed by atoms with van der Waals surface area (Å²) < 4.78 is 45.9. The Morgan fingerprint density at radius 2 is 2.08 bits per heavy atom. The van der Waals surface area contributed by atoms with Gasteiger partial charge in [-0.3, -0.25) is 10.1 Å². The standard InChI is InChI=1S/C17H14F3N3O/c1-2-24-8-6-11-5-7-21-16(15(11)17(18,19)20)12-3-4-14-13(9-12)10-22-23-14/h3-10H,2H2,1H3,(H,22,23)/b8-6+. The zero-order valence-electron chi connectivity index (χ0n) is 12.8. The summed E-state index contributed by atoms with van der Waals surface area (Å²) in [4.78, 5) is 3.97. The lowest BCUT2D eigenvalue weighted by molar-refractivity contribution is -0.137. The molecule has 4 nitrogen and oxygen atoms in total. The molecule has 1 N–H and O–H groups in total. The second kappa shape index (κ2) is 6.35. The van der Waals surface area contributed by atoms with Crippen molar-refractivity contribution >= 4 is 17.0 Å². The number of nitrogens with one attached hydrogen (secondary N) is 1. The second-order valence-corrected chi connectivity index (χ2v) is 5.05. The maximum Gasteiger partial charge on any atom is 0.419 e. The van der Waals surface area contributed by atoms with Gasteiger partial charge in [-0.2, -0.15) is 18.3 Å². The van der Waals surface area contributed by atoms with E-state index in [9.17, 15) is 13.2 Å². The van der Waals surface area contributed by atoms with Crippen LogP contribution in [0, 0.1) is 0 Å². The van der Waals surface area contributed by atoms with Gasteiger partial charge in [0.05, 0.1) is 35.8 Å². The third kappa shape index (κ3) is 3.10. The number of hydrogen-bond acceptors (Lipinski definition) is 3. The molecule has 7 heteroatoms. The van der Waals surface area contributed by atoms with Gasteiger partial charge in [-0.25, -0.2) is 0 Å². The van der Waals surface area contributed by atoms with Gasteiger partial charge in [0.25, 0.3) is 0 Å². The zero-order chi connectivity index (χ0) is 17.2. The monoisotopic (exact) mass is 333 g/mol. The molecule has 1 aromatic carbocycles. The van der Waals surface area contributed by atoms with Crippen molar-refractivity contribution in [2.24, 2.45) is 0 Å². The van der Waals surface area contributed by atoms with E-state index < -0.39 is 11.7 Å². The van der Waals surface area contributed by atoms with Crippen LogP contribution in [-0.4, -0.2) is 21.8 Å². The molecule has 0 aliphatic rings. The third-order valence-electron chi connectivity index (χ3n) is 3.49. The highest BCUT2D eigenvalue weighted by molar-refractivity contribution is 5.84. The number of hydrogen-bond donors (Lipinski definition) is 1. The minimum absolute atomic E-state index is 0.00763. The summed E-state index contributed by atoms with van der Waals surface area (Å²) in [5.41, 5.74) is 0.226. The Morgan fingerprint density at radius 3 is 2.83 bits per heavy atom. The van der Waals surface area contributed by atoms with Crippen molar-refractivity contribution in [1.82, 2.24) is 15.2 Å². The highest BCUT2D eigenvalue weighted by atomic mass is 19.4. The first-order valence-corrected chi connectivity index (χ1v) is 7.28. The van der Waals surface area contributed by atoms with Crippen molar-refractivity contribution in [3.63, 3.8) is 0 Å². The van der Waals surface area contributed by atoms with Crippen LogP contribution in [0.3, 0.4) is 0 Å². The van der Waals surface area contributed by atoms with Gasteiger partial charge in [0.15, 0.2) is 0 Å². The van der Waals surface area contributed by atoms with E-state index in [1.54, 1.807) is 31.3 Å². The van der Waals surface area contributed by atoms with Crippen LogP contribution in [0.15, 0.2) is 42.9 Å². The lowest BCUT2D eigenvalue weighted by Crippen LogP contribution is -2.11. The number of benzene rings is 1. The molecule has 124 valence electrons. The molecule has 0 aliphatic carbocycles. The normalized spacial score (nSPS) is 12.2. The van der Waals surface area contributed by atoms with Crippen LogP contribution < -0.4 is 0 Å². The van der Waals surface area contributed by atoms with E-state index in [1.807, 2.05) is 0 Å². The fraction of sp³-hybridized carbons (Fsp3) is 0.176. The van der Waals surface area contributed by atoms with Crippen molar-refractivity contribution in [1.29, 1.82) is 0 Å². The van der Waals surface area contributed by atoms with Crippen LogP contribution >= 0.6 is 0 Å². The molecule has 24 heavy (non-hydrogen) atoms. The van der Waals surface area contributed by atoms with Crippen LogP contribution in [-0.2, 0) is 10.9 Å². The molecule has 0 radical (unpaired) electrons. The predicted octanol–water partition coefficient (Wildman–Crippen LogP) is 4.65. The lowest BCUT2D eigenvalue weighted by Gasteiger charge is -2.15. The number of pyridine rings is 1. The Hall–Kier alpha value is -2.83. The molecule has 0 amide bonds. The number of rotatable bonds is 4. The van der Waals surface area contributed by atoms with Crippen LogP contribution in [0.25, 0.3) is 28.2 Å². The highest BCUT2D eigenvalue weighted by Gasteiger charge is 2.36.